The summed E-state index contributed by atoms with van der Waals surface area (Å²) in [6.07, 6.45) is -2.93. The number of alkyl halides is 3. The van der Waals surface area contributed by atoms with E-state index in [-0.39, 0.29) is 12.3 Å². The number of thioether (sulfide) groups is 1. The van der Waals surface area contributed by atoms with E-state index in [0.29, 0.717) is 11.3 Å². The third kappa shape index (κ3) is 4.17. The number of aliphatic imine (C=N–C) groups is 1. The van der Waals surface area contributed by atoms with Crippen molar-refractivity contribution >= 4 is 34.8 Å². The van der Waals surface area contributed by atoms with Crippen molar-refractivity contribution in [1.82, 2.24) is 4.48 Å². The Bertz CT molecular complexity index is 1020. The topological polar surface area (TPSA) is 38.7 Å². The van der Waals surface area contributed by atoms with Crippen LogP contribution in [0.4, 0.5) is 23.2 Å². The lowest BCUT2D eigenvalue weighted by Gasteiger charge is -2.40. The lowest BCUT2D eigenvalue weighted by atomic mass is 10.0. The van der Waals surface area contributed by atoms with Gasteiger partial charge in [-0.2, -0.15) is 22.6 Å². The molecule has 0 saturated carbocycles. The van der Waals surface area contributed by atoms with Crippen LogP contribution in [0, 0.1) is 5.82 Å². The van der Waals surface area contributed by atoms with Crippen LogP contribution in [0.1, 0.15) is 19.4 Å². The molecule has 0 saturated heterocycles. The maximum atomic E-state index is 13.7. The summed E-state index contributed by atoms with van der Waals surface area (Å²) in [7, 11) is 0. The van der Waals surface area contributed by atoms with Gasteiger partial charge in [0.1, 0.15) is 11.5 Å². The Morgan fingerprint density at radius 2 is 1.74 bits per heavy atom. The SMILES string of the molecule is CCOC(C)[N+]1(c2ccc(F)cc2)C(c2ccc(SC)cc2)=CN=C1C(=O)C(F)(F)F. The molecule has 2 aromatic carbocycles. The summed E-state index contributed by atoms with van der Waals surface area (Å²) in [6.45, 7) is 3.46. The van der Waals surface area contributed by atoms with Crippen LogP contribution in [-0.2, 0) is 9.53 Å². The van der Waals surface area contributed by atoms with Gasteiger partial charge in [0, 0.05) is 29.5 Å². The van der Waals surface area contributed by atoms with Crippen molar-refractivity contribution in [3.63, 3.8) is 0 Å². The highest BCUT2D eigenvalue weighted by Gasteiger charge is 2.59. The van der Waals surface area contributed by atoms with Crippen LogP contribution in [0.2, 0.25) is 0 Å². The second-order valence-electron chi connectivity index (χ2n) is 6.78. The molecule has 4 nitrogen and oxygen atoms in total. The first kappa shape index (κ1) is 23.2. The van der Waals surface area contributed by atoms with E-state index in [4.69, 9.17) is 4.74 Å². The third-order valence-corrected chi connectivity index (χ3v) is 5.80. The Morgan fingerprint density at radius 1 is 1.13 bits per heavy atom. The minimum Gasteiger partial charge on any atom is -0.329 e. The van der Waals surface area contributed by atoms with Crippen molar-refractivity contribution in [2.24, 2.45) is 4.99 Å². The summed E-state index contributed by atoms with van der Waals surface area (Å²) in [5, 5.41) is 0. The molecule has 31 heavy (non-hydrogen) atoms. The number of rotatable bonds is 7. The molecule has 0 bridgehead atoms. The highest BCUT2D eigenvalue weighted by Crippen LogP contribution is 2.43. The number of benzene rings is 2. The molecule has 0 N–H and O–H groups in total. The van der Waals surface area contributed by atoms with Crippen LogP contribution in [0.5, 0.6) is 0 Å². The standard InChI is InChI=1S/C22H21F4N2O2S/c1-4-30-14(2)28(17-9-7-16(23)8-10-17)19(15-5-11-18(31-3)12-6-15)13-27-21(28)20(29)22(24,25)26/h5-14H,4H2,1-3H3/q+1. The van der Waals surface area contributed by atoms with Crippen LogP contribution >= 0.6 is 11.8 Å². The average Bonchev–Trinajstić information content (AvgIpc) is 3.14. The molecule has 0 radical (unpaired) electrons. The van der Waals surface area contributed by atoms with E-state index < -0.39 is 34.3 Å². The smallest absolute Gasteiger partial charge is 0.329 e. The Balaban J connectivity index is 2.29. The lowest BCUT2D eigenvalue weighted by Crippen LogP contribution is -2.61. The Morgan fingerprint density at radius 3 is 2.26 bits per heavy atom. The van der Waals surface area contributed by atoms with Gasteiger partial charge in [-0.25, -0.2) is 4.39 Å². The average molecular weight is 453 g/mol. The fourth-order valence-corrected chi connectivity index (χ4v) is 4.08. The molecule has 2 unspecified atom stereocenters. The number of carbonyl (C=O) groups is 1. The second-order valence-corrected chi connectivity index (χ2v) is 7.66. The van der Waals surface area contributed by atoms with Gasteiger partial charge in [0.2, 0.25) is 6.23 Å². The van der Waals surface area contributed by atoms with Crippen LogP contribution in [-0.4, -0.2) is 36.9 Å². The zero-order valence-corrected chi connectivity index (χ0v) is 17.9. The predicted octanol–water partition coefficient (Wildman–Crippen LogP) is 5.78. The van der Waals surface area contributed by atoms with Crippen molar-refractivity contribution in [2.45, 2.75) is 31.1 Å². The predicted molar refractivity (Wildman–Crippen MR) is 114 cm³/mol. The highest BCUT2D eigenvalue weighted by molar-refractivity contribution is 7.98. The van der Waals surface area contributed by atoms with E-state index in [1.807, 2.05) is 18.4 Å². The number of nitrogens with zero attached hydrogens (tertiary/aromatic N) is 2. The Labute approximate surface area is 181 Å². The lowest BCUT2D eigenvalue weighted by molar-refractivity contribution is -0.164. The van der Waals surface area contributed by atoms with Gasteiger partial charge in [-0.15, -0.1) is 11.8 Å². The monoisotopic (exact) mass is 453 g/mol. The van der Waals surface area contributed by atoms with Gasteiger partial charge < -0.3 is 4.74 Å². The molecule has 1 aliphatic rings. The van der Waals surface area contributed by atoms with E-state index >= 15 is 0 Å². The van der Waals surface area contributed by atoms with Crippen LogP contribution < -0.4 is 4.48 Å². The number of ketones is 1. The summed E-state index contributed by atoms with van der Waals surface area (Å²) in [4.78, 5) is 17.4. The van der Waals surface area contributed by atoms with Crippen LogP contribution in [0.15, 0.2) is 64.6 Å². The maximum absolute atomic E-state index is 13.7. The molecule has 0 aliphatic carbocycles. The molecule has 164 valence electrons. The molecule has 1 heterocycles. The van der Waals surface area contributed by atoms with Crippen molar-refractivity contribution in [2.75, 3.05) is 12.9 Å². The van der Waals surface area contributed by atoms with E-state index in [2.05, 4.69) is 4.99 Å². The third-order valence-electron chi connectivity index (χ3n) is 5.06. The second kappa shape index (κ2) is 8.94. The molecule has 0 aromatic heterocycles. The van der Waals surface area contributed by atoms with Crippen molar-refractivity contribution in [1.29, 1.82) is 0 Å². The van der Waals surface area contributed by atoms with E-state index in [9.17, 15) is 22.4 Å². The molecule has 0 fully saturated rings. The molecule has 9 heteroatoms. The van der Waals surface area contributed by atoms with Gasteiger partial charge in [0.15, 0.2) is 5.70 Å². The number of amidine groups is 1. The molecule has 0 spiro atoms. The molecule has 0 amide bonds. The van der Waals surface area contributed by atoms with E-state index in [1.165, 1.54) is 30.1 Å². The summed E-state index contributed by atoms with van der Waals surface area (Å²) in [5.74, 6) is -3.37. The zero-order chi connectivity index (χ0) is 22.8. The Kier molecular flexibility index (Phi) is 6.68. The summed E-state index contributed by atoms with van der Waals surface area (Å²) in [6, 6.07) is 12.1. The van der Waals surface area contributed by atoms with E-state index in [1.54, 1.807) is 26.0 Å². The summed E-state index contributed by atoms with van der Waals surface area (Å²) in [5.41, 5.74) is 1.13. The Hall–Kier alpha value is -2.49. The molecule has 2 atom stereocenters. The number of carbonyl (C=O) groups excluding carboxylic acids is 1. The molecular weight excluding hydrogens is 432 g/mol. The minimum absolute atomic E-state index is 0.189. The first-order valence-electron chi connectivity index (χ1n) is 9.47. The van der Waals surface area contributed by atoms with Gasteiger partial charge in [-0.3, -0.25) is 4.79 Å². The number of quaternary nitrogens is 1. The number of halogens is 4. The minimum atomic E-state index is -5.14. The number of hydrogen-bond donors (Lipinski definition) is 0. The molecular formula is C22H21F4N2O2S+. The normalized spacial score (nSPS) is 19.7. The first-order chi connectivity index (χ1) is 14.7. The van der Waals surface area contributed by atoms with Crippen molar-refractivity contribution in [3.8, 4) is 0 Å². The van der Waals surface area contributed by atoms with Gasteiger partial charge in [-0.1, -0.05) is 0 Å². The number of Topliss-reactive ketones (excluding diaryl/α,β-unsaturated/α-hetero) is 1. The van der Waals surface area contributed by atoms with Gasteiger partial charge in [-0.05, 0) is 49.6 Å². The number of ether oxygens (including phenoxy) is 1. The maximum Gasteiger partial charge on any atom is 0.462 e. The highest BCUT2D eigenvalue weighted by atomic mass is 32.2. The molecule has 2 aromatic rings. The van der Waals surface area contributed by atoms with Crippen LogP contribution in [0.25, 0.3) is 5.70 Å². The fourth-order valence-electron chi connectivity index (χ4n) is 3.67. The first-order valence-corrected chi connectivity index (χ1v) is 10.7. The summed E-state index contributed by atoms with van der Waals surface area (Å²) >= 11 is 1.52. The van der Waals surface area contributed by atoms with Gasteiger partial charge in [0.05, 0.1) is 12.8 Å². The van der Waals surface area contributed by atoms with Gasteiger partial charge in [0.25, 0.3) is 5.84 Å². The fraction of sp³-hybridized carbons (Fsp3) is 0.273. The molecule has 3 rings (SSSR count). The number of hydrogen-bond acceptors (Lipinski definition) is 4. The zero-order valence-electron chi connectivity index (χ0n) is 17.1. The largest absolute Gasteiger partial charge is 0.462 e. The van der Waals surface area contributed by atoms with Crippen molar-refractivity contribution in [3.05, 3.63) is 66.1 Å². The quantitative estimate of drug-likeness (QED) is 0.303. The summed E-state index contributed by atoms with van der Waals surface area (Å²) < 4.78 is 59.3. The van der Waals surface area contributed by atoms with Crippen molar-refractivity contribution < 1.29 is 27.1 Å². The van der Waals surface area contributed by atoms with E-state index in [0.717, 1.165) is 17.0 Å². The van der Waals surface area contributed by atoms with Crippen LogP contribution in [0.3, 0.4) is 0 Å². The molecule has 1 aliphatic heterocycles. The van der Waals surface area contributed by atoms with Gasteiger partial charge >= 0.3 is 12.0 Å².